The zero-order chi connectivity index (χ0) is 18.4. The van der Waals surface area contributed by atoms with Crippen molar-refractivity contribution in [1.82, 2.24) is 9.13 Å². The van der Waals surface area contributed by atoms with Crippen molar-refractivity contribution in [2.24, 2.45) is 14.1 Å². The number of aryl methyl sites for hydroxylation is 2. The van der Waals surface area contributed by atoms with Crippen LogP contribution >= 0.6 is 15.9 Å². The maximum atomic E-state index is 12.6. The topological polar surface area (TPSA) is 82.3 Å². The molecule has 1 aromatic heterocycles. The van der Waals surface area contributed by atoms with Crippen molar-refractivity contribution in [3.05, 3.63) is 51.4 Å². The van der Waals surface area contributed by atoms with Crippen LogP contribution in [0, 0.1) is 0 Å². The predicted octanol–water partition coefficient (Wildman–Crippen LogP) is 2.45. The minimum Gasteiger partial charge on any atom is -0.494 e. The molecule has 0 spiro atoms. The second-order valence-electron chi connectivity index (χ2n) is 5.50. The Bertz CT molecular complexity index is 1110. The first-order valence-corrected chi connectivity index (χ1v) is 9.54. The van der Waals surface area contributed by atoms with Gasteiger partial charge in [0.05, 0.1) is 28.7 Å². The summed E-state index contributed by atoms with van der Waals surface area (Å²) in [7, 11) is 0.929. The number of fused-ring (bicyclic) bond motifs is 1. The molecule has 0 aliphatic carbocycles. The van der Waals surface area contributed by atoms with Crippen molar-refractivity contribution in [1.29, 1.82) is 0 Å². The number of sulfonamides is 1. The van der Waals surface area contributed by atoms with Gasteiger partial charge in [0.2, 0.25) is 0 Å². The fourth-order valence-corrected chi connectivity index (χ4v) is 3.92. The third-order valence-corrected chi connectivity index (χ3v) is 5.87. The third-order valence-electron chi connectivity index (χ3n) is 3.96. The van der Waals surface area contributed by atoms with Gasteiger partial charge in [0, 0.05) is 24.6 Å². The molecule has 132 valence electrons. The fraction of sp³-hybridized carbons (Fsp3) is 0.188. The molecule has 0 saturated heterocycles. The molecule has 7 nitrogen and oxygen atoms in total. The van der Waals surface area contributed by atoms with Crippen LogP contribution in [0.5, 0.6) is 5.75 Å². The molecule has 0 atom stereocenters. The highest BCUT2D eigenvalue weighted by atomic mass is 79.9. The number of nitrogens with one attached hydrogen (secondary N) is 1. The molecule has 0 radical (unpaired) electrons. The third kappa shape index (κ3) is 3.05. The molecule has 25 heavy (non-hydrogen) atoms. The van der Waals surface area contributed by atoms with Crippen LogP contribution in [0.2, 0.25) is 0 Å². The van der Waals surface area contributed by atoms with E-state index >= 15 is 0 Å². The highest BCUT2D eigenvalue weighted by molar-refractivity contribution is 9.10. The van der Waals surface area contributed by atoms with E-state index in [1.54, 1.807) is 38.4 Å². The Hall–Kier alpha value is -2.26. The maximum absolute atomic E-state index is 12.6. The summed E-state index contributed by atoms with van der Waals surface area (Å²) in [6.07, 6.45) is 0. The van der Waals surface area contributed by atoms with E-state index in [0.717, 1.165) is 4.47 Å². The Morgan fingerprint density at radius 1 is 1.04 bits per heavy atom. The average molecular weight is 426 g/mol. The van der Waals surface area contributed by atoms with Gasteiger partial charge < -0.3 is 4.74 Å². The molecule has 1 heterocycles. The zero-order valence-electron chi connectivity index (χ0n) is 13.8. The van der Waals surface area contributed by atoms with Crippen LogP contribution in [-0.2, 0) is 24.1 Å². The van der Waals surface area contributed by atoms with E-state index in [-0.39, 0.29) is 16.3 Å². The van der Waals surface area contributed by atoms with Crippen LogP contribution in [0.4, 0.5) is 5.69 Å². The number of anilines is 1. The number of halogens is 1. The zero-order valence-corrected chi connectivity index (χ0v) is 16.2. The quantitative estimate of drug-likeness (QED) is 0.695. The standard InChI is InChI=1S/C16H16BrN3O4S/c1-19-13-8-12(15(24-3)9-14(13)20(2)16(19)21)18-25(22,23)11-6-4-10(17)5-7-11/h4-9,18H,1-3H3. The van der Waals surface area contributed by atoms with E-state index in [0.29, 0.717) is 16.8 Å². The predicted molar refractivity (Wildman–Crippen MR) is 99.7 cm³/mol. The summed E-state index contributed by atoms with van der Waals surface area (Å²) in [6.45, 7) is 0. The number of aromatic nitrogens is 2. The van der Waals surface area contributed by atoms with E-state index in [1.807, 2.05) is 0 Å². The number of imidazole rings is 1. The van der Waals surface area contributed by atoms with E-state index < -0.39 is 10.0 Å². The smallest absolute Gasteiger partial charge is 0.328 e. The molecular formula is C16H16BrN3O4S. The number of ether oxygens (including phenoxy) is 1. The van der Waals surface area contributed by atoms with Gasteiger partial charge in [-0.05, 0) is 30.3 Å². The van der Waals surface area contributed by atoms with E-state index in [9.17, 15) is 13.2 Å². The summed E-state index contributed by atoms with van der Waals surface area (Å²) in [4.78, 5) is 12.2. The molecule has 2 aromatic carbocycles. The van der Waals surface area contributed by atoms with Crippen LogP contribution in [0.25, 0.3) is 11.0 Å². The summed E-state index contributed by atoms with van der Waals surface area (Å²) < 4.78 is 36.8. The van der Waals surface area contributed by atoms with Gasteiger partial charge >= 0.3 is 5.69 Å². The Morgan fingerprint density at radius 2 is 1.60 bits per heavy atom. The Morgan fingerprint density at radius 3 is 2.16 bits per heavy atom. The maximum Gasteiger partial charge on any atom is 0.328 e. The van der Waals surface area contributed by atoms with Crippen LogP contribution < -0.4 is 15.1 Å². The Balaban J connectivity index is 2.13. The molecule has 0 bridgehead atoms. The molecule has 1 N–H and O–H groups in total. The van der Waals surface area contributed by atoms with Gasteiger partial charge in [-0.1, -0.05) is 15.9 Å². The lowest BCUT2D eigenvalue weighted by atomic mass is 10.2. The summed E-state index contributed by atoms with van der Waals surface area (Å²) in [5, 5.41) is 0. The first-order valence-electron chi connectivity index (χ1n) is 7.26. The van der Waals surface area contributed by atoms with E-state index in [4.69, 9.17) is 4.74 Å². The molecule has 0 unspecified atom stereocenters. The largest absolute Gasteiger partial charge is 0.494 e. The summed E-state index contributed by atoms with van der Waals surface area (Å²) >= 11 is 3.28. The van der Waals surface area contributed by atoms with E-state index in [1.165, 1.54) is 28.4 Å². The first kappa shape index (κ1) is 17.6. The van der Waals surface area contributed by atoms with Gasteiger partial charge in [0.15, 0.2) is 0 Å². The number of rotatable bonds is 4. The van der Waals surface area contributed by atoms with Crippen molar-refractivity contribution >= 4 is 42.7 Å². The molecular weight excluding hydrogens is 410 g/mol. The number of nitrogens with zero attached hydrogens (tertiary/aromatic N) is 2. The van der Waals surface area contributed by atoms with Gasteiger partial charge in [-0.2, -0.15) is 0 Å². The monoisotopic (exact) mass is 425 g/mol. The van der Waals surface area contributed by atoms with Gasteiger partial charge in [0.1, 0.15) is 5.75 Å². The molecule has 3 aromatic rings. The lowest BCUT2D eigenvalue weighted by Crippen LogP contribution is -2.19. The first-order chi connectivity index (χ1) is 11.7. The van der Waals surface area contributed by atoms with Crippen molar-refractivity contribution in [2.75, 3.05) is 11.8 Å². The van der Waals surface area contributed by atoms with Crippen LogP contribution in [-0.4, -0.2) is 24.7 Å². The van der Waals surface area contributed by atoms with Crippen LogP contribution in [0.3, 0.4) is 0 Å². The highest BCUT2D eigenvalue weighted by Gasteiger charge is 2.19. The fourth-order valence-electron chi connectivity index (χ4n) is 2.59. The van der Waals surface area contributed by atoms with Gasteiger partial charge in [-0.25, -0.2) is 13.2 Å². The number of hydrogen-bond donors (Lipinski definition) is 1. The molecule has 9 heteroatoms. The number of hydrogen-bond acceptors (Lipinski definition) is 4. The van der Waals surface area contributed by atoms with Gasteiger partial charge in [-0.3, -0.25) is 13.9 Å². The summed E-state index contributed by atoms with van der Waals surface area (Å²) in [6, 6.07) is 9.51. The molecule has 3 rings (SSSR count). The second kappa shape index (κ2) is 6.23. The minimum absolute atomic E-state index is 0.125. The highest BCUT2D eigenvalue weighted by Crippen LogP contribution is 2.31. The van der Waals surface area contributed by atoms with Crippen LogP contribution in [0.15, 0.2) is 50.6 Å². The lowest BCUT2D eigenvalue weighted by Gasteiger charge is -2.13. The minimum atomic E-state index is -3.79. The molecule has 0 aliphatic heterocycles. The molecule has 0 amide bonds. The Labute approximate surface area is 153 Å². The van der Waals surface area contributed by atoms with Crippen molar-refractivity contribution in [3.8, 4) is 5.75 Å². The molecule has 0 aliphatic rings. The SMILES string of the molecule is COc1cc2c(cc1NS(=O)(=O)c1ccc(Br)cc1)n(C)c(=O)n2C. The lowest BCUT2D eigenvalue weighted by molar-refractivity contribution is 0.417. The van der Waals surface area contributed by atoms with Crippen molar-refractivity contribution in [2.45, 2.75) is 4.90 Å². The van der Waals surface area contributed by atoms with Crippen LogP contribution in [0.1, 0.15) is 0 Å². The summed E-state index contributed by atoms with van der Waals surface area (Å²) in [5.41, 5.74) is 1.31. The number of methoxy groups -OCH3 is 1. The average Bonchev–Trinajstić information content (AvgIpc) is 2.78. The summed E-state index contributed by atoms with van der Waals surface area (Å²) in [5.74, 6) is 0.328. The Kier molecular flexibility index (Phi) is 4.38. The van der Waals surface area contributed by atoms with Crippen molar-refractivity contribution in [3.63, 3.8) is 0 Å². The number of benzene rings is 2. The normalized spacial score (nSPS) is 11.7. The molecule has 0 fully saturated rings. The molecule has 0 saturated carbocycles. The second-order valence-corrected chi connectivity index (χ2v) is 8.10. The van der Waals surface area contributed by atoms with Gasteiger partial charge in [0.25, 0.3) is 10.0 Å². The van der Waals surface area contributed by atoms with Crippen molar-refractivity contribution < 1.29 is 13.2 Å². The van der Waals surface area contributed by atoms with Gasteiger partial charge in [-0.15, -0.1) is 0 Å². The van der Waals surface area contributed by atoms with E-state index in [2.05, 4.69) is 20.7 Å².